The molecule has 0 saturated heterocycles. The molecular weight excluding hydrogens is 328 g/mol. The Morgan fingerprint density at radius 2 is 2.04 bits per heavy atom. The Labute approximate surface area is 142 Å². The zero-order valence-corrected chi connectivity index (χ0v) is 13.8. The largest absolute Gasteiger partial charge is 0.495 e. The van der Waals surface area contributed by atoms with E-state index in [1.807, 2.05) is 25.1 Å². The molecule has 7 nitrogen and oxygen atoms in total. The Morgan fingerprint density at radius 1 is 1.21 bits per heavy atom. The van der Waals surface area contributed by atoms with Crippen LogP contribution in [0.25, 0.3) is 10.6 Å². The predicted octanol–water partition coefficient (Wildman–Crippen LogP) is 4.17. The Balaban J connectivity index is 1.88. The average Bonchev–Trinajstić information content (AvgIpc) is 3.04. The van der Waals surface area contributed by atoms with Gasteiger partial charge in [-0.15, -0.1) is 10.2 Å². The summed E-state index contributed by atoms with van der Waals surface area (Å²) < 4.78 is 5.33. The van der Waals surface area contributed by atoms with Crippen LogP contribution in [0.15, 0.2) is 42.5 Å². The molecule has 1 heterocycles. The van der Waals surface area contributed by atoms with E-state index in [1.165, 1.54) is 23.5 Å². The van der Waals surface area contributed by atoms with Crippen LogP contribution in [0.4, 0.5) is 16.5 Å². The first kappa shape index (κ1) is 15.9. The second-order valence-corrected chi connectivity index (χ2v) is 6.03. The Bertz CT molecular complexity index is 895. The first-order chi connectivity index (χ1) is 11.6. The summed E-state index contributed by atoms with van der Waals surface area (Å²) in [5, 5.41) is 23.4. The minimum absolute atomic E-state index is 0.0255. The lowest BCUT2D eigenvalue weighted by Crippen LogP contribution is -1.94. The highest BCUT2D eigenvalue weighted by molar-refractivity contribution is 7.18. The van der Waals surface area contributed by atoms with Gasteiger partial charge in [0.05, 0.1) is 17.7 Å². The summed E-state index contributed by atoms with van der Waals surface area (Å²) in [6, 6.07) is 12.1. The van der Waals surface area contributed by atoms with Crippen molar-refractivity contribution in [2.45, 2.75) is 6.92 Å². The van der Waals surface area contributed by atoms with Gasteiger partial charge in [-0.25, -0.2) is 0 Å². The lowest BCUT2D eigenvalue weighted by Gasteiger charge is -2.09. The molecule has 2 aromatic carbocycles. The zero-order valence-electron chi connectivity index (χ0n) is 13.0. The Hall–Kier alpha value is -3.00. The molecular formula is C16H14N4O3S. The third kappa shape index (κ3) is 3.33. The number of anilines is 2. The maximum absolute atomic E-state index is 10.9. The fourth-order valence-corrected chi connectivity index (χ4v) is 2.93. The molecule has 0 aliphatic rings. The standard InChI is InChI=1S/C16H14N4O3S/c1-10-6-7-14(23-2)13(8-10)17-16-19-18-15(24-16)11-4-3-5-12(9-11)20(21)22/h3-9H,1-2H3,(H,17,19). The molecule has 0 atom stereocenters. The molecule has 0 radical (unpaired) electrons. The van der Waals surface area contributed by atoms with Crippen LogP contribution in [-0.2, 0) is 0 Å². The number of methoxy groups -OCH3 is 1. The van der Waals surface area contributed by atoms with Crippen molar-refractivity contribution in [1.82, 2.24) is 10.2 Å². The van der Waals surface area contributed by atoms with E-state index in [4.69, 9.17) is 4.74 Å². The normalized spacial score (nSPS) is 10.4. The predicted molar refractivity (Wildman–Crippen MR) is 93.0 cm³/mol. The number of nitro groups is 1. The van der Waals surface area contributed by atoms with Crippen LogP contribution in [0.3, 0.4) is 0 Å². The second kappa shape index (κ2) is 6.63. The van der Waals surface area contributed by atoms with E-state index >= 15 is 0 Å². The molecule has 0 aliphatic carbocycles. The summed E-state index contributed by atoms with van der Waals surface area (Å²) >= 11 is 1.31. The summed E-state index contributed by atoms with van der Waals surface area (Å²) in [7, 11) is 1.60. The topological polar surface area (TPSA) is 90.2 Å². The highest BCUT2D eigenvalue weighted by atomic mass is 32.1. The molecule has 3 rings (SSSR count). The first-order valence-corrected chi connectivity index (χ1v) is 7.88. The number of ether oxygens (including phenoxy) is 1. The van der Waals surface area contributed by atoms with Gasteiger partial charge < -0.3 is 10.1 Å². The summed E-state index contributed by atoms with van der Waals surface area (Å²) in [6.07, 6.45) is 0. The van der Waals surface area contributed by atoms with Crippen LogP contribution in [-0.4, -0.2) is 22.2 Å². The van der Waals surface area contributed by atoms with Crippen molar-refractivity contribution in [2.75, 3.05) is 12.4 Å². The van der Waals surface area contributed by atoms with E-state index in [0.29, 0.717) is 21.5 Å². The SMILES string of the molecule is COc1ccc(C)cc1Nc1nnc(-c2cccc([N+](=O)[O-])c2)s1. The lowest BCUT2D eigenvalue weighted by molar-refractivity contribution is -0.384. The van der Waals surface area contributed by atoms with Crippen LogP contribution in [0, 0.1) is 17.0 Å². The maximum atomic E-state index is 10.9. The summed E-state index contributed by atoms with van der Waals surface area (Å²) in [5.74, 6) is 0.702. The Morgan fingerprint density at radius 3 is 2.79 bits per heavy atom. The fraction of sp³-hybridized carbons (Fsp3) is 0.125. The highest BCUT2D eigenvalue weighted by Crippen LogP contribution is 2.33. The van der Waals surface area contributed by atoms with Gasteiger partial charge in [0, 0.05) is 17.7 Å². The van der Waals surface area contributed by atoms with Gasteiger partial charge in [-0.1, -0.05) is 29.5 Å². The number of non-ortho nitro benzene ring substituents is 1. The van der Waals surface area contributed by atoms with Crippen molar-refractivity contribution in [2.24, 2.45) is 0 Å². The van der Waals surface area contributed by atoms with Crippen molar-refractivity contribution in [3.8, 4) is 16.3 Å². The molecule has 0 bridgehead atoms. The molecule has 122 valence electrons. The van der Waals surface area contributed by atoms with Gasteiger partial charge in [-0.05, 0) is 24.6 Å². The van der Waals surface area contributed by atoms with E-state index in [1.54, 1.807) is 19.2 Å². The third-order valence-corrected chi connectivity index (χ3v) is 4.21. The number of benzene rings is 2. The number of nitro benzene ring substituents is 1. The number of aryl methyl sites for hydroxylation is 1. The van der Waals surface area contributed by atoms with Gasteiger partial charge in [0.25, 0.3) is 5.69 Å². The fourth-order valence-electron chi connectivity index (χ4n) is 2.18. The monoisotopic (exact) mass is 342 g/mol. The molecule has 0 spiro atoms. The van der Waals surface area contributed by atoms with Crippen LogP contribution in [0.5, 0.6) is 5.75 Å². The molecule has 1 N–H and O–H groups in total. The number of aromatic nitrogens is 2. The molecule has 8 heteroatoms. The molecule has 0 amide bonds. The molecule has 0 aliphatic heterocycles. The average molecular weight is 342 g/mol. The summed E-state index contributed by atoms with van der Waals surface area (Å²) in [4.78, 5) is 10.5. The van der Waals surface area contributed by atoms with Crippen molar-refractivity contribution in [3.63, 3.8) is 0 Å². The smallest absolute Gasteiger partial charge is 0.270 e. The van der Waals surface area contributed by atoms with Crippen LogP contribution in [0.1, 0.15) is 5.56 Å². The maximum Gasteiger partial charge on any atom is 0.270 e. The van der Waals surface area contributed by atoms with Crippen molar-refractivity contribution < 1.29 is 9.66 Å². The van der Waals surface area contributed by atoms with E-state index in [0.717, 1.165) is 11.3 Å². The third-order valence-electron chi connectivity index (χ3n) is 3.33. The summed E-state index contributed by atoms with van der Waals surface area (Å²) in [5.41, 5.74) is 2.56. The van der Waals surface area contributed by atoms with Crippen molar-refractivity contribution >= 4 is 27.8 Å². The molecule has 0 saturated carbocycles. The van der Waals surface area contributed by atoms with Gasteiger partial charge in [0.2, 0.25) is 5.13 Å². The quantitative estimate of drug-likeness (QED) is 0.553. The number of rotatable bonds is 5. The molecule has 24 heavy (non-hydrogen) atoms. The zero-order chi connectivity index (χ0) is 17.1. The molecule has 0 unspecified atom stereocenters. The van der Waals surface area contributed by atoms with Crippen LogP contribution < -0.4 is 10.1 Å². The number of nitrogens with zero attached hydrogens (tertiary/aromatic N) is 3. The van der Waals surface area contributed by atoms with E-state index in [9.17, 15) is 10.1 Å². The van der Waals surface area contributed by atoms with Gasteiger partial charge in [-0.2, -0.15) is 0 Å². The minimum atomic E-state index is -0.429. The number of nitrogens with one attached hydrogen (secondary N) is 1. The van der Waals surface area contributed by atoms with Gasteiger partial charge in [-0.3, -0.25) is 10.1 Å². The number of hydrogen-bond donors (Lipinski definition) is 1. The van der Waals surface area contributed by atoms with Crippen LogP contribution in [0.2, 0.25) is 0 Å². The molecule has 0 fully saturated rings. The van der Waals surface area contributed by atoms with Crippen LogP contribution >= 0.6 is 11.3 Å². The number of hydrogen-bond acceptors (Lipinski definition) is 7. The van der Waals surface area contributed by atoms with E-state index in [2.05, 4.69) is 15.5 Å². The second-order valence-electron chi connectivity index (χ2n) is 5.05. The van der Waals surface area contributed by atoms with E-state index < -0.39 is 4.92 Å². The van der Waals surface area contributed by atoms with Crippen molar-refractivity contribution in [3.05, 3.63) is 58.1 Å². The molecule has 1 aromatic heterocycles. The summed E-state index contributed by atoms with van der Waals surface area (Å²) in [6.45, 7) is 1.99. The Kier molecular flexibility index (Phi) is 4.39. The van der Waals surface area contributed by atoms with Crippen molar-refractivity contribution in [1.29, 1.82) is 0 Å². The van der Waals surface area contributed by atoms with Gasteiger partial charge in [0.15, 0.2) is 0 Å². The van der Waals surface area contributed by atoms with Gasteiger partial charge in [0.1, 0.15) is 10.8 Å². The highest BCUT2D eigenvalue weighted by Gasteiger charge is 2.12. The van der Waals surface area contributed by atoms with E-state index in [-0.39, 0.29) is 5.69 Å². The lowest BCUT2D eigenvalue weighted by atomic mass is 10.2. The molecule has 3 aromatic rings. The van der Waals surface area contributed by atoms with Gasteiger partial charge >= 0.3 is 0 Å². The first-order valence-electron chi connectivity index (χ1n) is 7.07. The minimum Gasteiger partial charge on any atom is -0.495 e.